The first-order valence-electron chi connectivity index (χ1n) is 13.3. The van der Waals surface area contributed by atoms with E-state index in [9.17, 15) is 14.4 Å². The highest BCUT2D eigenvalue weighted by Crippen LogP contribution is 2.29. The average molecular weight is 569 g/mol. The number of rotatable bonds is 4. The Kier molecular flexibility index (Phi) is 7.96. The third-order valence-corrected chi connectivity index (χ3v) is 8.27. The van der Waals surface area contributed by atoms with Crippen LogP contribution in [0.15, 0.2) is 47.3 Å². The Balaban J connectivity index is 1.58. The Labute approximate surface area is 237 Å². The van der Waals surface area contributed by atoms with Crippen molar-refractivity contribution in [1.82, 2.24) is 19.8 Å². The number of halogens is 2. The molecule has 1 aromatic heterocycles. The van der Waals surface area contributed by atoms with Crippen molar-refractivity contribution in [3.8, 4) is 5.69 Å². The molecule has 10 heteroatoms. The average Bonchev–Trinajstić information content (AvgIpc) is 3.23. The van der Waals surface area contributed by atoms with E-state index in [1.165, 1.54) is 0 Å². The molecule has 2 aromatic carbocycles. The quantitative estimate of drug-likeness (QED) is 0.486. The van der Waals surface area contributed by atoms with E-state index in [-0.39, 0.29) is 30.0 Å². The van der Waals surface area contributed by atoms with Crippen molar-refractivity contribution in [3.63, 3.8) is 0 Å². The Morgan fingerprint density at radius 2 is 1.62 bits per heavy atom. The molecule has 0 aliphatic carbocycles. The fraction of sp³-hybridized carbons (Fsp3) is 0.379. The maximum Gasteiger partial charge on any atom is 0.263 e. The van der Waals surface area contributed by atoms with E-state index in [2.05, 4.69) is 10.2 Å². The van der Waals surface area contributed by atoms with Gasteiger partial charge in [-0.05, 0) is 68.7 Å². The number of amides is 2. The molecule has 2 amide bonds. The third-order valence-electron chi connectivity index (χ3n) is 7.53. The summed E-state index contributed by atoms with van der Waals surface area (Å²) in [6.45, 7) is 3.75. The zero-order valence-electron chi connectivity index (χ0n) is 22.0. The van der Waals surface area contributed by atoms with E-state index >= 15 is 0 Å². The normalized spacial score (nSPS) is 17.4. The lowest BCUT2D eigenvalue weighted by molar-refractivity contribution is 0.0653. The molecule has 0 saturated carbocycles. The van der Waals surface area contributed by atoms with Crippen molar-refractivity contribution in [2.45, 2.75) is 51.6 Å². The number of carbonyl (C=O) groups is 2. The van der Waals surface area contributed by atoms with Gasteiger partial charge in [0, 0.05) is 42.9 Å². The van der Waals surface area contributed by atoms with Crippen LogP contribution in [-0.4, -0.2) is 52.4 Å². The van der Waals surface area contributed by atoms with Crippen LogP contribution in [0.1, 0.15) is 64.6 Å². The van der Waals surface area contributed by atoms with Gasteiger partial charge in [-0.3, -0.25) is 14.4 Å². The molecule has 1 atom stereocenters. The minimum Gasteiger partial charge on any atom is -0.355 e. The molecular formula is C29H31Cl2N5O3. The van der Waals surface area contributed by atoms with Crippen LogP contribution in [0.5, 0.6) is 0 Å². The molecule has 39 heavy (non-hydrogen) atoms. The van der Waals surface area contributed by atoms with Crippen molar-refractivity contribution >= 4 is 41.0 Å². The third kappa shape index (κ3) is 5.40. The van der Waals surface area contributed by atoms with Gasteiger partial charge >= 0.3 is 0 Å². The first kappa shape index (κ1) is 27.2. The predicted octanol–water partition coefficient (Wildman–Crippen LogP) is 4.87. The van der Waals surface area contributed by atoms with E-state index in [0.29, 0.717) is 50.5 Å². The van der Waals surface area contributed by atoms with Crippen molar-refractivity contribution in [1.29, 1.82) is 0 Å². The fourth-order valence-electron chi connectivity index (χ4n) is 5.33. The van der Waals surface area contributed by atoms with Crippen molar-refractivity contribution < 1.29 is 9.59 Å². The van der Waals surface area contributed by atoms with Gasteiger partial charge in [0.1, 0.15) is 0 Å². The number of nitrogens with one attached hydrogen (secondary N) is 1. The first-order valence-corrected chi connectivity index (χ1v) is 14.0. The van der Waals surface area contributed by atoms with Gasteiger partial charge in [-0.25, -0.2) is 9.55 Å². The van der Waals surface area contributed by atoms with Crippen LogP contribution in [0.3, 0.4) is 0 Å². The van der Waals surface area contributed by atoms with Crippen molar-refractivity contribution in [3.05, 3.63) is 85.2 Å². The Bertz CT molecular complexity index is 1460. The second-order valence-electron chi connectivity index (χ2n) is 10.1. The molecule has 0 radical (unpaired) electrons. The van der Waals surface area contributed by atoms with Crippen LogP contribution < -0.4 is 15.8 Å². The van der Waals surface area contributed by atoms with Crippen LogP contribution >= 0.6 is 23.2 Å². The molecule has 8 nitrogen and oxygen atoms in total. The largest absolute Gasteiger partial charge is 0.355 e. The van der Waals surface area contributed by atoms with E-state index in [1.54, 1.807) is 59.0 Å². The molecule has 5 rings (SSSR count). The van der Waals surface area contributed by atoms with Gasteiger partial charge in [0.05, 0.1) is 28.0 Å². The highest BCUT2D eigenvalue weighted by Gasteiger charge is 2.33. The topological polar surface area (TPSA) is 87.5 Å². The molecular weight excluding hydrogens is 537 g/mol. The zero-order chi connectivity index (χ0) is 27.7. The van der Waals surface area contributed by atoms with E-state index in [0.717, 1.165) is 38.8 Å². The van der Waals surface area contributed by atoms with Crippen LogP contribution in [0.2, 0.25) is 10.0 Å². The van der Waals surface area contributed by atoms with Gasteiger partial charge in [-0.1, -0.05) is 36.0 Å². The van der Waals surface area contributed by atoms with Crippen LogP contribution in [0.25, 0.3) is 5.69 Å². The maximum absolute atomic E-state index is 14.1. The summed E-state index contributed by atoms with van der Waals surface area (Å²) in [4.78, 5) is 48.6. The van der Waals surface area contributed by atoms with Crippen LogP contribution in [-0.2, 0) is 13.0 Å². The molecule has 1 N–H and O–H groups in total. The van der Waals surface area contributed by atoms with E-state index < -0.39 is 0 Å². The summed E-state index contributed by atoms with van der Waals surface area (Å²) < 4.78 is 1.67. The number of benzene rings is 2. The number of anilines is 1. The highest BCUT2D eigenvalue weighted by molar-refractivity contribution is 6.42. The standard InChI is InChI=1S/C29H31Cl2N5O3/c1-18-15-22-25(17-35(18)27(38)20-9-12-23(30)24(31)16-20)33-29(34-13-5-3-4-6-14-34)36(28(22)39)21-10-7-19(8-11-21)26(37)32-2/h7-12,16,18H,3-6,13-15,17H2,1-2H3,(H,32,37)/t18-/m1/s1. The number of hydrogen-bond acceptors (Lipinski definition) is 5. The molecule has 3 aromatic rings. The molecule has 0 unspecified atom stereocenters. The van der Waals surface area contributed by atoms with Gasteiger partial charge in [-0.15, -0.1) is 0 Å². The highest BCUT2D eigenvalue weighted by atomic mass is 35.5. The predicted molar refractivity (Wildman–Crippen MR) is 153 cm³/mol. The molecule has 0 spiro atoms. The summed E-state index contributed by atoms with van der Waals surface area (Å²) in [6.07, 6.45) is 4.68. The Morgan fingerprint density at radius 1 is 0.949 bits per heavy atom. The number of fused-ring (bicyclic) bond motifs is 1. The Morgan fingerprint density at radius 3 is 2.26 bits per heavy atom. The molecule has 1 fully saturated rings. The van der Waals surface area contributed by atoms with Gasteiger partial charge in [0.2, 0.25) is 5.95 Å². The van der Waals surface area contributed by atoms with Gasteiger partial charge in [0.25, 0.3) is 17.4 Å². The van der Waals surface area contributed by atoms with Crippen LogP contribution in [0, 0.1) is 0 Å². The number of hydrogen-bond donors (Lipinski definition) is 1. The summed E-state index contributed by atoms with van der Waals surface area (Å²) in [5, 5.41) is 3.33. The molecule has 2 aliphatic rings. The number of nitrogens with zero attached hydrogens (tertiary/aromatic N) is 4. The molecule has 1 saturated heterocycles. The first-order chi connectivity index (χ1) is 18.8. The summed E-state index contributed by atoms with van der Waals surface area (Å²) in [5.41, 5.74) is 2.70. The second kappa shape index (κ2) is 11.4. The fourth-order valence-corrected chi connectivity index (χ4v) is 5.63. The minimum absolute atomic E-state index is 0.138. The maximum atomic E-state index is 14.1. The summed E-state index contributed by atoms with van der Waals surface area (Å²) >= 11 is 12.2. The number of carbonyl (C=O) groups excluding carboxylic acids is 2. The lowest BCUT2D eigenvalue weighted by atomic mass is 9.98. The SMILES string of the molecule is CNC(=O)c1ccc(-n2c(N3CCCCCC3)nc3c(c2=O)C[C@@H](C)N(C(=O)c2ccc(Cl)c(Cl)c2)C3)cc1. The molecule has 204 valence electrons. The lowest BCUT2D eigenvalue weighted by Gasteiger charge is -2.35. The van der Waals surface area contributed by atoms with E-state index in [1.807, 2.05) is 6.92 Å². The lowest BCUT2D eigenvalue weighted by Crippen LogP contribution is -2.46. The molecule has 2 aliphatic heterocycles. The summed E-state index contributed by atoms with van der Waals surface area (Å²) in [5.74, 6) is 0.203. The van der Waals surface area contributed by atoms with E-state index in [4.69, 9.17) is 28.2 Å². The van der Waals surface area contributed by atoms with Gasteiger partial charge in [0.15, 0.2) is 0 Å². The molecule has 0 bridgehead atoms. The van der Waals surface area contributed by atoms with Crippen molar-refractivity contribution in [2.24, 2.45) is 0 Å². The smallest absolute Gasteiger partial charge is 0.263 e. The molecule has 3 heterocycles. The zero-order valence-corrected chi connectivity index (χ0v) is 23.6. The van der Waals surface area contributed by atoms with Gasteiger partial charge < -0.3 is 15.1 Å². The second-order valence-corrected chi connectivity index (χ2v) is 10.9. The summed E-state index contributed by atoms with van der Waals surface area (Å²) in [6, 6.07) is 11.6. The minimum atomic E-state index is -0.220. The number of aromatic nitrogens is 2. The summed E-state index contributed by atoms with van der Waals surface area (Å²) in [7, 11) is 1.59. The van der Waals surface area contributed by atoms with Gasteiger partial charge in [-0.2, -0.15) is 0 Å². The Hall–Kier alpha value is -3.36. The van der Waals surface area contributed by atoms with Crippen LogP contribution in [0.4, 0.5) is 5.95 Å². The monoisotopic (exact) mass is 567 g/mol. The van der Waals surface area contributed by atoms with Crippen molar-refractivity contribution in [2.75, 3.05) is 25.0 Å².